The van der Waals surface area contributed by atoms with E-state index in [1.165, 1.54) is 0 Å². The van der Waals surface area contributed by atoms with E-state index in [0.717, 1.165) is 15.8 Å². The zero-order valence-corrected chi connectivity index (χ0v) is 11.4. The Hall–Kier alpha value is -0.920. The molecule has 1 aromatic heterocycles. The first-order chi connectivity index (χ1) is 8.41. The van der Waals surface area contributed by atoms with Gasteiger partial charge in [-0.15, -0.1) is 11.3 Å². The Labute approximate surface area is 114 Å². The van der Waals surface area contributed by atoms with Gasteiger partial charge < -0.3 is 5.73 Å². The van der Waals surface area contributed by atoms with Gasteiger partial charge in [-0.25, -0.2) is 4.98 Å². The molecule has 96 valence electrons. The van der Waals surface area contributed by atoms with E-state index in [1.54, 1.807) is 24.3 Å². The molecule has 0 aliphatic carbocycles. The molecule has 0 radical (unpaired) electrons. The number of nitrogens with zero attached hydrogens (tertiary/aromatic N) is 1. The van der Waals surface area contributed by atoms with Crippen molar-refractivity contribution in [1.29, 1.82) is 0 Å². The number of hydrogen-bond donors (Lipinski definition) is 1. The van der Waals surface area contributed by atoms with Crippen molar-refractivity contribution in [3.63, 3.8) is 0 Å². The molecule has 7 heteroatoms. The minimum absolute atomic E-state index is 0.0559. The molecule has 0 bridgehead atoms. The van der Waals surface area contributed by atoms with Crippen LogP contribution in [0.2, 0.25) is 0 Å². The first-order valence-electron chi connectivity index (χ1n) is 4.94. The van der Waals surface area contributed by atoms with Crippen LogP contribution in [0.25, 0.3) is 10.6 Å². The highest BCUT2D eigenvalue weighted by molar-refractivity contribution is 9.10. The maximum atomic E-state index is 12.7. The number of halogens is 4. The molecule has 2 nitrogen and oxygen atoms in total. The van der Waals surface area contributed by atoms with Crippen LogP contribution in [0.15, 0.2) is 28.7 Å². The Bertz CT molecular complexity index is 548. The highest BCUT2D eigenvalue weighted by atomic mass is 79.9. The summed E-state index contributed by atoms with van der Waals surface area (Å²) in [5.74, 6) is 0. The molecule has 2 N–H and O–H groups in total. The normalized spacial score (nSPS) is 11.8. The molecule has 0 atom stereocenters. The summed E-state index contributed by atoms with van der Waals surface area (Å²) in [5, 5.41) is 0.329. The highest BCUT2D eigenvalue weighted by Gasteiger charge is 2.37. The third-order valence-electron chi connectivity index (χ3n) is 2.24. The van der Waals surface area contributed by atoms with E-state index in [9.17, 15) is 13.2 Å². The van der Waals surface area contributed by atoms with Crippen molar-refractivity contribution in [3.8, 4) is 10.6 Å². The molecular formula is C11H8BrF3N2S. The van der Waals surface area contributed by atoms with Gasteiger partial charge >= 0.3 is 6.18 Å². The molecule has 0 aliphatic rings. The highest BCUT2D eigenvalue weighted by Crippen LogP contribution is 2.37. The zero-order chi connectivity index (χ0) is 13.3. The summed E-state index contributed by atoms with van der Waals surface area (Å²) in [4.78, 5) is 3.71. The fourth-order valence-corrected chi connectivity index (χ4v) is 2.66. The molecule has 2 aromatic rings. The van der Waals surface area contributed by atoms with Gasteiger partial charge in [0.05, 0.1) is 4.88 Å². The van der Waals surface area contributed by atoms with E-state index < -0.39 is 11.9 Å². The van der Waals surface area contributed by atoms with Gasteiger partial charge in [-0.1, -0.05) is 28.1 Å². The predicted octanol–water partition coefficient (Wildman–Crippen LogP) is 4.05. The molecule has 0 aliphatic heterocycles. The van der Waals surface area contributed by atoms with E-state index in [-0.39, 0.29) is 11.4 Å². The number of hydrogen-bond acceptors (Lipinski definition) is 3. The molecular weight excluding hydrogens is 329 g/mol. The Balaban J connectivity index is 2.47. The zero-order valence-electron chi connectivity index (χ0n) is 8.96. The Morgan fingerprint density at radius 3 is 2.28 bits per heavy atom. The summed E-state index contributed by atoms with van der Waals surface area (Å²) in [5.41, 5.74) is 5.09. The largest absolute Gasteiger partial charge is 0.434 e. The van der Waals surface area contributed by atoms with Crippen LogP contribution < -0.4 is 5.73 Å². The molecule has 0 saturated heterocycles. The molecule has 0 amide bonds. The standard InChI is InChI=1S/C11H8BrF3N2S/c12-7-3-1-6(2-4-7)10-17-9(11(13,14)15)8(5-16)18-10/h1-4H,5,16H2. The van der Waals surface area contributed by atoms with Crippen LogP contribution in [0.3, 0.4) is 0 Å². The smallest absolute Gasteiger partial charge is 0.326 e. The summed E-state index contributed by atoms with van der Waals surface area (Å²) in [7, 11) is 0. The van der Waals surface area contributed by atoms with E-state index in [4.69, 9.17) is 5.73 Å². The van der Waals surface area contributed by atoms with Gasteiger partial charge in [-0.2, -0.15) is 13.2 Å². The fraction of sp³-hybridized carbons (Fsp3) is 0.182. The van der Waals surface area contributed by atoms with Crippen LogP contribution in [0, 0.1) is 0 Å². The Morgan fingerprint density at radius 1 is 1.22 bits per heavy atom. The first-order valence-corrected chi connectivity index (χ1v) is 6.55. The topological polar surface area (TPSA) is 38.9 Å². The van der Waals surface area contributed by atoms with Crippen molar-refractivity contribution in [2.75, 3.05) is 0 Å². The first kappa shape index (κ1) is 13.5. The van der Waals surface area contributed by atoms with Crippen molar-refractivity contribution >= 4 is 27.3 Å². The maximum absolute atomic E-state index is 12.7. The van der Waals surface area contributed by atoms with Crippen LogP contribution in [0.4, 0.5) is 13.2 Å². The Morgan fingerprint density at radius 2 is 1.83 bits per heavy atom. The monoisotopic (exact) mass is 336 g/mol. The molecule has 0 spiro atoms. The molecule has 0 fully saturated rings. The third kappa shape index (κ3) is 2.73. The number of nitrogens with two attached hydrogens (primary N) is 1. The van der Waals surface area contributed by atoms with Crippen molar-refractivity contribution in [2.45, 2.75) is 12.7 Å². The maximum Gasteiger partial charge on any atom is 0.434 e. The minimum atomic E-state index is -4.46. The fourth-order valence-electron chi connectivity index (χ4n) is 1.43. The number of rotatable bonds is 2. The van der Waals surface area contributed by atoms with Crippen LogP contribution in [-0.2, 0) is 12.7 Å². The van der Waals surface area contributed by atoms with Gasteiger partial charge in [0.15, 0.2) is 5.69 Å². The van der Waals surface area contributed by atoms with Gasteiger partial charge in [0, 0.05) is 16.6 Å². The lowest BCUT2D eigenvalue weighted by Crippen LogP contribution is -2.10. The van der Waals surface area contributed by atoms with E-state index in [1.807, 2.05) is 0 Å². The summed E-state index contributed by atoms with van der Waals surface area (Å²) >= 11 is 4.24. The SMILES string of the molecule is NCc1sc(-c2ccc(Br)cc2)nc1C(F)(F)F. The molecule has 0 saturated carbocycles. The van der Waals surface area contributed by atoms with Crippen LogP contribution >= 0.6 is 27.3 Å². The molecule has 2 rings (SSSR count). The lowest BCUT2D eigenvalue weighted by molar-refractivity contribution is -0.141. The van der Waals surface area contributed by atoms with Crippen molar-refractivity contribution in [1.82, 2.24) is 4.98 Å². The van der Waals surface area contributed by atoms with Crippen molar-refractivity contribution < 1.29 is 13.2 Å². The second kappa shape index (κ2) is 4.99. The summed E-state index contributed by atoms with van der Waals surface area (Å²) in [6.07, 6.45) is -4.46. The van der Waals surface area contributed by atoms with Gasteiger partial charge in [0.25, 0.3) is 0 Å². The van der Waals surface area contributed by atoms with E-state index in [2.05, 4.69) is 20.9 Å². The van der Waals surface area contributed by atoms with Crippen molar-refractivity contribution in [3.05, 3.63) is 39.3 Å². The van der Waals surface area contributed by atoms with Gasteiger partial charge in [0.2, 0.25) is 0 Å². The predicted molar refractivity (Wildman–Crippen MR) is 68.1 cm³/mol. The second-order valence-electron chi connectivity index (χ2n) is 3.50. The number of benzene rings is 1. The van der Waals surface area contributed by atoms with Crippen molar-refractivity contribution in [2.24, 2.45) is 5.73 Å². The van der Waals surface area contributed by atoms with Gasteiger partial charge in [-0.3, -0.25) is 0 Å². The molecule has 18 heavy (non-hydrogen) atoms. The van der Waals surface area contributed by atoms with Crippen LogP contribution in [0.5, 0.6) is 0 Å². The van der Waals surface area contributed by atoms with Crippen LogP contribution in [-0.4, -0.2) is 4.98 Å². The second-order valence-corrected chi connectivity index (χ2v) is 5.50. The number of alkyl halides is 3. The molecule has 0 unspecified atom stereocenters. The summed E-state index contributed by atoms with van der Waals surface area (Å²) < 4.78 is 39.0. The number of aromatic nitrogens is 1. The molecule has 1 heterocycles. The summed E-state index contributed by atoms with van der Waals surface area (Å²) in [6.45, 7) is -0.164. The lowest BCUT2D eigenvalue weighted by Gasteiger charge is -2.03. The van der Waals surface area contributed by atoms with Gasteiger partial charge in [0.1, 0.15) is 5.01 Å². The average molecular weight is 337 g/mol. The molecule has 1 aromatic carbocycles. The minimum Gasteiger partial charge on any atom is -0.326 e. The quantitative estimate of drug-likeness (QED) is 0.898. The van der Waals surface area contributed by atoms with Gasteiger partial charge in [-0.05, 0) is 12.1 Å². The van der Waals surface area contributed by atoms with E-state index >= 15 is 0 Å². The average Bonchev–Trinajstić information content (AvgIpc) is 2.73. The van der Waals surface area contributed by atoms with Crippen LogP contribution in [0.1, 0.15) is 10.6 Å². The summed E-state index contributed by atoms with van der Waals surface area (Å²) in [6, 6.07) is 6.94. The van der Waals surface area contributed by atoms with E-state index in [0.29, 0.717) is 10.6 Å². The number of thiazole rings is 1. The third-order valence-corrected chi connectivity index (χ3v) is 3.90. The Kier molecular flexibility index (Phi) is 3.74. The lowest BCUT2D eigenvalue weighted by atomic mass is 10.2.